The number of hydrogen-bond donors (Lipinski definition) is 3. The molecule has 1 saturated heterocycles. The van der Waals surface area contributed by atoms with Gasteiger partial charge in [0.2, 0.25) is 0 Å². The van der Waals surface area contributed by atoms with Crippen LogP contribution in [0.3, 0.4) is 0 Å². The Morgan fingerprint density at radius 1 is 1.27 bits per heavy atom. The molecular weight excluding hydrogens is 389 g/mol. The Bertz CT molecular complexity index is 744. The molecule has 0 bridgehead atoms. The molecule has 0 amide bonds. The second-order valence-electron chi connectivity index (χ2n) is 4.88. The molecule has 2 heterocycles. The van der Waals surface area contributed by atoms with Gasteiger partial charge in [-0.1, -0.05) is 11.6 Å². The third-order valence-corrected chi connectivity index (χ3v) is 4.34. The number of hydrogen-bond acceptors (Lipinski definition) is 5. The summed E-state index contributed by atoms with van der Waals surface area (Å²) in [5.41, 5.74) is -0.228. The van der Waals surface area contributed by atoms with E-state index in [-0.39, 0.29) is 22.4 Å². The van der Waals surface area contributed by atoms with Gasteiger partial charge in [0, 0.05) is 0 Å². The second kappa shape index (κ2) is 5.66. The van der Waals surface area contributed by atoms with Gasteiger partial charge in [0.25, 0.3) is 0 Å². The van der Waals surface area contributed by atoms with Crippen LogP contribution in [0.1, 0.15) is 6.23 Å². The van der Waals surface area contributed by atoms with Crippen LogP contribution in [0, 0.1) is 11.6 Å². The monoisotopic (exact) mass is 398 g/mol. The van der Waals surface area contributed by atoms with Gasteiger partial charge in [0.1, 0.15) is 23.8 Å². The molecule has 1 aliphatic rings. The Hall–Kier alpha value is -0.840. The van der Waals surface area contributed by atoms with E-state index in [2.05, 4.69) is 20.9 Å². The zero-order valence-electron chi connectivity index (χ0n) is 10.8. The number of benzene rings is 1. The van der Waals surface area contributed by atoms with Gasteiger partial charge < -0.3 is 20.1 Å². The predicted octanol–water partition coefficient (Wildman–Crippen LogP) is 1.34. The minimum atomic E-state index is -1.50. The van der Waals surface area contributed by atoms with Gasteiger partial charge in [-0.2, -0.15) is 0 Å². The zero-order valence-corrected chi connectivity index (χ0v) is 13.1. The molecule has 2 aromatic rings. The molecule has 3 N–H and O–H groups in total. The van der Waals surface area contributed by atoms with Crippen molar-refractivity contribution < 1.29 is 28.8 Å². The lowest BCUT2D eigenvalue weighted by atomic mass is 10.0. The molecule has 120 valence electrons. The highest BCUT2D eigenvalue weighted by Gasteiger charge is 2.40. The Balaban J connectivity index is 2.17. The normalized spacial score (nSPS) is 29.2. The fourth-order valence-corrected chi connectivity index (χ4v) is 3.12. The summed E-state index contributed by atoms with van der Waals surface area (Å²) < 4.78 is 34.0. The summed E-state index contributed by atoms with van der Waals surface area (Å²) in [5, 5.41) is 28.8. The summed E-state index contributed by atoms with van der Waals surface area (Å²) in [6.45, 7) is -0.244. The molecule has 1 fully saturated rings. The molecule has 22 heavy (non-hydrogen) atoms. The van der Waals surface area contributed by atoms with Crippen molar-refractivity contribution in [2.24, 2.45) is 0 Å². The molecule has 0 unspecified atom stereocenters. The first kappa shape index (κ1) is 16.0. The van der Waals surface area contributed by atoms with Crippen molar-refractivity contribution in [1.82, 2.24) is 9.55 Å². The predicted molar refractivity (Wildman–Crippen MR) is 75.4 cm³/mol. The van der Waals surface area contributed by atoms with E-state index in [0.29, 0.717) is 0 Å². The SMILES string of the molecule is O[C@@H]1[C@H](O)[C@H](O)CO[C@H]1n1c(Br)nc2c(F)c(F)c(Cl)cc21. The molecule has 0 radical (unpaired) electrons. The average molecular weight is 400 g/mol. The molecule has 3 rings (SSSR count). The Kier molecular flexibility index (Phi) is 4.12. The van der Waals surface area contributed by atoms with Gasteiger partial charge in [-0.15, -0.1) is 0 Å². The summed E-state index contributed by atoms with van der Waals surface area (Å²) in [5.74, 6) is -2.46. The summed E-state index contributed by atoms with van der Waals surface area (Å²) in [4.78, 5) is 3.84. The van der Waals surface area contributed by atoms with Crippen molar-refractivity contribution in [3.05, 3.63) is 27.5 Å². The minimum absolute atomic E-state index is 0.0516. The first-order chi connectivity index (χ1) is 10.3. The number of fused-ring (bicyclic) bond motifs is 1. The molecule has 1 aromatic carbocycles. The van der Waals surface area contributed by atoms with Crippen molar-refractivity contribution in [1.29, 1.82) is 0 Å². The molecule has 1 aliphatic heterocycles. The van der Waals surface area contributed by atoms with Crippen LogP contribution in [0.25, 0.3) is 11.0 Å². The van der Waals surface area contributed by atoms with Crippen LogP contribution in [0.2, 0.25) is 5.02 Å². The fraction of sp³-hybridized carbons (Fsp3) is 0.417. The average Bonchev–Trinajstić information content (AvgIpc) is 2.80. The number of imidazole rings is 1. The highest BCUT2D eigenvalue weighted by molar-refractivity contribution is 9.10. The maximum absolute atomic E-state index is 13.9. The van der Waals surface area contributed by atoms with E-state index >= 15 is 0 Å². The van der Waals surface area contributed by atoms with Gasteiger partial charge in [-0.3, -0.25) is 4.57 Å². The first-order valence-electron chi connectivity index (χ1n) is 6.19. The van der Waals surface area contributed by atoms with Gasteiger partial charge in [0.15, 0.2) is 22.6 Å². The standard InChI is InChI=1S/C12H10BrClF2N2O4/c13-12-17-8-4(1-3(14)6(15)7(8)16)18(12)11-10(21)9(20)5(19)2-22-11/h1,5,9-11,19-21H,2H2/t5-,9-,10-,11-/m1/s1. The van der Waals surface area contributed by atoms with Crippen molar-refractivity contribution >= 4 is 38.6 Å². The van der Waals surface area contributed by atoms with E-state index < -0.39 is 41.2 Å². The highest BCUT2D eigenvalue weighted by Crippen LogP contribution is 2.34. The maximum Gasteiger partial charge on any atom is 0.188 e. The van der Waals surface area contributed by atoms with Crippen LogP contribution in [0.5, 0.6) is 0 Å². The smallest absolute Gasteiger partial charge is 0.188 e. The lowest BCUT2D eigenvalue weighted by Crippen LogP contribution is -2.50. The van der Waals surface area contributed by atoms with Crippen LogP contribution in [-0.2, 0) is 4.74 Å². The summed E-state index contributed by atoms with van der Waals surface area (Å²) in [7, 11) is 0. The van der Waals surface area contributed by atoms with Crippen molar-refractivity contribution in [3.63, 3.8) is 0 Å². The summed E-state index contributed by atoms with van der Waals surface area (Å²) >= 11 is 8.71. The Morgan fingerprint density at radius 2 is 1.95 bits per heavy atom. The number of aliphatic hydroxyl groups is 3. The van der Waals surface area contributed by atoms with Gasteiger partial charge in [-0.25, -0.2) is 13.8 Å². The van der Waals surface area contributed by atoms with Crippen LogP contribution in [0.15, 0.2) is 10.8 Å². The molecule has 6 nitrogen and oxygen atoms in total. The third-order valence-electron chi connectivity index (χ3n) is 3.51. The largest absolute Gasteiger partial charge is 0.388 e. The second-order valence-corrected chi connectivity index (χ2v) is 5.99. The molecule has 10 heteroatoms. The van der Waals surface area contributed by atoms with Crippen molar-refractivity contribution in [2.75, 3.05) is 6.61 Å². The topological polar surface area (TPSA) is 87.7 Å². The summed E-state index contributed by atoms with van der Waals surface area (Å²) in [6.07, 6.45) is -5.36. The Labute approximate surface area is 136 Å². The molecule has 0 saturated carbocycles. The number of ether oxygens (including phenoxy) is 1. The van der Waals surface area contributed by atoms with E-state index in [9.17, 15) is 24.1 Å². The summed E-state index contributed by atoms with van der Waals surface area (Å²) in [6, 6.07) is 1.14. The molecule has 1 aromatic heterocycles. The van der Waals surface area contributed by atoms with E-state index in [1.807, 2.05) is 0 Å². The fourth-order valence-electron chi connectivity index (χ4n) is 2.37. The minimum Gasteiger partial charge on any atom is -0.388 e. The molecule has 4 atom stereocenters. The number of aromatic nitrogens is 2. The molecular formula is C12H10BrClF2N2O4. The van der Waals surface area contributed by atoms with E-state index in [4.69, 9.17) is 16.3 Å². The van der Waals surface area contributed by atoms with E-state index in [1.54, 1.807) is 0 Å². The van der Waals surface area contributed by atoms with Crippen LogP contribution in [-0.4, -0.2) is 49.8 Å². The van der Waals surface area contributed by atoms with E-state index in [1.165, 1.54) is 4.57 Å². The van der Waals surface area contributed by atoms with Crippen LogP contribution < -0.4 is 0 Å². The lowest BCUT2D eigenvalue weighted by molar-refractivity contribution is -0.210. The van der Waals surface area contributed by atoms with Crippen LogP contribution >= 0.6 is 27.5 Å². The molecule has 0 spiro atoms. The van der Waals surface area contributed by atoms with Crippen molar-refractivity contribution in [2.45, 2.75) is 24.5 Å². The van der Waals surface area contributed by atoms with E-state index in [0.717, 1.165) is 6.07 Å². The molecule has 0 aliphatic carbocycles. The highest BCUT2D eigenvalue weighted by atomic mass is 79.9. The number of halogens is 4. The maximum atomic E-state index is 13.9. The third kappa shape index (κ3) is 2.32. The number of aliphatic hydroxyl groups excluding tert-OH is 3. The number of rotatable bonds is 1. The zero-order chi connectivity index (χ0) is 16.2. The Morgan fingerprint density at radius 3 is 2.64 bits per heavy atom. The van der Waals surface area contributed by atoms with Gasteiger partial charge in [0.05, 0.1) is 17.1 Å². The number of nitrogens with zero attached hydrogens (tertiary/aromatic N) is 2. The quantitative estimate of drug-likeness (QED) is 0.630. The first-order valence-corrected chi connectivity index (χ1v) is 7.36. The lowest BCUT2D eigenvalue weighted by Gasteiger charge is -2.36. The van der Waals surface area contributed by atoms with Crippen LogP contribution in [0.4, 0.5) is 8.78 Å². The van der Waals surface area contributed by atoms with Gasteiger partial charge in [-0.05, 0) is 22.0 Å². The van der Waals surface area contributed by atoms with Crippen molar-refractivity contribution in [3.8, 4) is 0 Å². The van der Waals surface area contributed by atoms with Gasteiger partial charge >= 0.3 is 0 Å².